The van der Waals surface area contributed by atoms with E-state index in [0.29, 0.717) is 16.9 Å². The van der Waals surface area contributed by atoms with E-state index in [1.54, 1.807) is 30.3 Å². The van der Waals surface area contributed by atoms with Crippen molar-refractivity contribution >= 4 is 11.8 Å². The van der Waals surface area contributed by atoms with Gasteiger partial charge in [0.15, 0.2) is 5.78 Å². The summed E-state index contributed by atoms with van der Waals surface area (Å²) in [4.78, 5) is 32.7. The molecule has 0 aliphatic carbocycles. The highest BCUT2D eigenvalue weighted by Crippen LogP contribution is 2.27. The number of hydrogen-bond donors (Lipinski definition) is 2. The van der Waals surface area contributed by atoms with Crippen molar-refractivity contribution in [2.75, 3.05) is 0 Å². The SMILES string of the molecule is C=CC.O=C(Cc1ccc(OC(=O)c2ccc(-c3ccc(-c4ccccc4)[nH]3)cc2)cc1)c1ccc(-c2ccc(-c3ccccc3)[nH]2)cc1. The molecule has 5 heteroatoms. The Bertz CT molecular complexity index is 1990. The molecule has 2 aromatic heterocycles. The van der Waals surface area contributed by atoms with E-state index in [-0.39, 0.29) is 12.2 Å². The molecular weight excluding hydrogens is 604 g/mol. The molecule has 0 bridgehead atoms. The van der Waals surface area contributed by atoms with E-state index >= 15 is 0 Å². The molecule has 240 valence electrons. The van der Waals surface area contributed by atoms with Gasteiger partial charge in [0.2, 0.25) is 0 Å². The van der Waals surface area contributed by atoms with E-state index in [0.717, 1.165) is 50.6 Å². The third kappa shape index (κ3) is 8.10. The van der Waals surface area contributed by atoms with Crippen molar-refractivity contribution in [3.8, 4) is 50.8 Å². The first-order valence-corrected chi connectivity index (χ1v) is 16.1. The topological polar surface area (TPSA) is 75.0 Å². The van der Waals surface area contributed by atoms with Crippen molar-refractivity contribution in [2.24, 2.45) is 0 Å². The van der Waals surface area contributed by atoms with Crippen LogP contribution in [0.2, 0.25) is 0 Å². The van der Waals surface area contributed by atoms with Crippen LogP contribution < -0.4 is 4.74 Å². The van der Waals surface area contributed by atoms with Gasteiger partial charge in [0, 0.05) is 34.8 Å². The predicted molar refractivity (Wildman–Crippen MR) is 199 cm³/mol. The highest BCUT2D eigenvalue weighted by molar-refractivity contribution is 5.98. The lowest BCUT2D eigenvalue weighted by Gasteiger charge is -2.07. The van der Waals surface area contributed by atoms with Crippen LogP contribution in [0.25, 0.3) is 45.0 Å². The molecule has 49 heavy (non-hydrogen) atoms. The molecule has 2 N–H and O–H groups in total. The minimum atomic E-state index is -0.440. The van der Waals surface area contributed by atoms with Crippen LogP contribution in [0.15, 0.2) is 170 Å². The van der Waals surface area contributed by atoms with Gasteiger partial charge in [-0.25, -0.2) is 4.79 Å². The number of Topliss-reactive ketones (excluding diaryl/α,β-unsaturated/α-hetero) is 1. The first-order valence-electron chi connectivity index (χ1n) is 16.1. The maximum Gasteiger partial charge on any atom is 0.343 e. The second-order valence-electron chi connectivity index (χ2n) is 11.5. The molecule has 0 amide bonds. The van der Waals surface area contributed by atoms with Gasteiger partial charge < -0.3 is 14.7 Å². The number of aromatic amines is 2. The quantitative estimate of drug-likeness (QED) is 0.0713. The Hall–Kier alpha value is -6.46. The zero-order chi connectivity index (χ0) is 34.0. The van der Waals surface area contributed by atoms with E-state index < -0.39 is 5.97 Å². The number of H-pyrrole nitrogens is 2. The molecule has 0 saturated heterocycles. The summed E-state index contributed by atoms with van der Waals surface area (Å²) in [6, 6.07) is 50.5. The number of carbonyl (C=O) groups excluding carboxylic acids is 2. The maximum absolute atomic E-state index is 13.0. The first kappa shape index (κ1) is 32.5. The first-order chi connectivity index (χ1) is 24.0. The summed E-state index contributed by atoms with van der Waals surface area (Å²) in [5.41, 5.74) is 10.2. The largest absolute Gasteiger partial charge is 0.423 e. The number of ether oxygens (including phenoxy) is 1. The van der Waals surface area contributed by atoms with Crippen LogP contribution in [-0.2, 0) is 6.42 Å². The summed E-state index contributed by atoms with van der Waals surface area (Å²) in [6.45, 7) is 5.25. The fourth-order valence-corrected chi connectivity index (χ4v) is 5.45. The van der Waals surface area contributed by atoms with E-state index in [1.807, 2.05) is 110 Å². The molecule has 7 rings (SSSR count). The summed E-state index contributed by atoms with van der Waals surface area (Å²) in [5.74, 6) is 0.00278. The van der Waals surface area contributed by atoms with Crippen molar-refractivity contribution in [1.29, 1.82) is 0 Å². The lowest BCUT2D eigenvalue weighted by Crippen LogP contribution is -2.08. The van der Waals surface area contributed by atoms with Crippen LogP contribution in [0, 0.1) is 0 Å². The number of hydrogen-bond acceptors (Lipinski definition) is 3. The summed E-state index contributed by atoms with van der Waals surface area (Å²) in [6.07, 6.45) is 2.00. The van der Waals surface area contributed by atoms with E-state index in [2.05, 4.69) is 46.9 Å². The van der Waals surface area contributed by atoms with Gasteiger partial charge in [-0.2, -0.15) is 0 Å². The van der Waals surface area contributed by atoms with Crippen LogP contribution in [0.3, 0.4) is 0 Å². The number of aromatic nitrogens is 2. The standard InChI is InChI=1S/C41H30N2O3.C3H6/c44-40(33-17-13-31(14-18-33)38-25-23-36(42-38)29-7-3-1-4-8-29)27-28-11-21-35(22-12-28)46-41(45)34-19-15-32(16-20-34)39-26-24-37(43-39)30-9-5-2-6-10-30;1-3-2/h1-26,42-43H,27H2;3H,1H2,2H3. The Morgan fingerprint density at radius 2 is 0.918 bits per heavy atom. The van der Waals surface area contributed by atoms with Gasteiger partial charge >= 0.3 is 5.97 Å². The number of carbonyl (C=O) groups is 2. The smallest absolute Gasteiger partial charge is 0.343 e. The Kier molecular flexibility index (Phi) is 10.2. The fraction of sp³-hybridized carbons (Fsp3) is 0.0455. The number of benzene rings is 5. The van der Waals surface area contributed by atoms with Crippen LogP contribution in [0.5, 0.6) is 5.75 Å². The van der Waals surface area contributed by atoms with Gasteiger partial charge in [-0.1, -0.05) is 115 Å². The van der Waals surface area contributed by atoms with Gasteiger partial charge in [0.1, 0.15) is 5.75 Å². The fourth-order valence-electron chi connectivity index (χ4n) is 5.45. The third-order valence-electron chi connectivity index (χ3n) is 7.99. The summed E-state index contributed by atoms with van der Waals surface area (Å²) in [7, 11) is 0. The summed E-state index contributed by atoms with van der Waals surface area (Å²) in [5, 5.41) is 0. The van der Waals surface area contributed by atoms with Gasteiger partial charge in [-0.3, -0.25) is 4.79 Å². The second kappa shape index (κ2) is 15.4. The molecule has 7 aromatic rings. The number of rotatable bonds is 9. The number of nitrogens with one attached hydrogen (secondary N) is 2. The van der Waals surface area contributed by atoms with E-state index in [1.165, 1.54) is 0 Å². The predicted octanol–water partition coefficient (Wildman–Crippen LogP) is 10.8. The van der Waals surface area contributed by atoms with Crippen LogP contribution >= 0.6 is 0 Å². The normalized spacial score (nSPS) is 10.5. The van der Waals surface area contributed by atoms with Crippen molar-refractivity contribution in [1.82, 2.24) is 9.97 Å². The Balaban J connectivity index is 0.00000134. The minimum absolute atomic E-state index is 0.0193. The van der Waals surface area contributed by atoms with Gasteiger partial charge in [0.05, 0.1) is 5.56 Å². The summed E-state index contributed by atoms with van der Waals surface area (Å²) >= 11 is 0. The molecule has 5 nitrogen and oxygen atoms in total. The number of ketones is 1. The Morgan fingerprint density at radius 1 is 0.531 bits per heavy atom. The molecule has 5 aromatic carbocycles. The molecule has 0 fully saturated rings. The molecule has 0 saturated carbocycles. The third-order valence-corrected chi connectivity index (χ3v) is 7.99. The lowest BCUT2D eigenvalue weighted by atomic mass is 10.0. The molecule has 0 aliphatic heterocycles. The number of esters is 1. The van der Waals surface area contributed by atoms with Crippen LogP contribution in [0.4, 0.5) is 0 Å². The van der Waals surface area contributed by atoms with Gasteiger partial charge in [-0.15, -0.1) is 6.58 Å². The van der Waals surface area contributed by atoms with Crippen molar-refractivity contribution in [2.45, 2.75) is 13.3 Å². The number of allylic oxidation sites excluding steroid dienone is 1. The highest BCUT2D eigenvalue weighted by atomic mass is 16.5. The molecule has 0 spiro atoms. The Labute approximate surface area is 286 Å². The van der Waals surface area contributed by atoms with Gasteiger partial charge in [-0.05, 0) is 83.3 Å². The lowest BCUT2D eigenvalue weighted by molar-refractivity contribution is 0.0734. The summed E-state index contributed by atoms with van der Waals surface area (Å²) < 4.78 is 5.60. The Morgan fingerprint density at radius 3 is 1.35 bits per heavy atom. The zero-order valence-electron chi connectivity index (χ0n) is 27.2. The van der Waals surface area contributed by atoms with Crippen molar-refractivity contribution < 1.29 is 14.3 Å². The van der Waals surface area contributed by atoms with Gasteiger partial charge in [0.25, 0.3) is 0 Å². The molecular formula is C44H36N2O3. The van der Waals surface area contributed by atoms with Crippen LogP contribution in [0.1, 0.15) is 33.2 Å². The van der Waals surface area contributed by atoms with E-state index in [9.17, 15) is 9.59 Å². The average molecular weight is 641 g/mol. The maximum atomic E-state index is 13.0. The monoisotopic (exact) mass is 640 g/mol. The molecule has 0 aliphatic rings. The van der Waals surface area contributed by atoms with Crippen molar-refractivity contribution in [3.05, 3.63) is 187 Å². The molecule has 0 atom stereocenters. The van der Waals surface area contributed by atoms with Crippen molar-refractivity contribution in [3.63, 3.8) is 0 Å². The molecule has 0 radical (unpaired) electrons. The zero-order valence-corrected chi connectivity index (χ0v) is 27.2. The molecule has 2 heterocycles. The highest BCUT2D eigenvalue weighted by Gasteiger charge is 2.12. The van der Waals surface area contributed by atoms with Crippen LogP contribution in [-0.4, -0.2) is 21.7 Å². The minimum Gasteiger partial charge on any atom is -0.423 e. The molecule has 0 unspecified atom stereocenters. The average Bonchev–Trinajstić information content (AvgIpc) is 3.85. The second-order valence-corrected chi connectivity index (χ2v) is 11.5. The van der Waals surface area contributed by atoms with E-state index in [4.69, 9.17) is 4.74 Å².